The van der Waals surface area contributed by atoms with Gasteiger partial charge in [-0.2, -0.15) is 0 Å². The van der Waals surface area contributed by atoms with Crippen molar-refractivity contribution in [3.8, 4) is 0 Å². The van der Waals surface area contributed by atoms with Crippen LogP contribution in [0, 0.1) is 11.8 Å². The zero-order valence-corrected chi connectivity index (χ0v) is 10.0. The van der Waals surface area contributed by atoms with Gasteiger partial charge in [-0.25, -0.2) is 0 Å². The minimum Gasteiger partial charge on any atom is -0.381 e. The first kappa shape index (κ1) is 11.4. The quantitative estimate of drug-likeness (QED) is 0.754. The molecule has 2 atom stereocenters. The van der Waals surface area contributed by atoms with Crippen molar-refractivity contribution in [3.63, 3.8) is 0 Å². The first-order valence-electron chi connectivity index (χ1n) is 6.71. The Kier molecular flexibility index (Phi) is 4.45. The van der Waals surface area contributed by atoms with Gasteiger partial charge in [0.05, 0.1) is 6.61 Å². The third kappa shape index (κ3) is 3.18. The lowest BCUT2D eigenvalue weighted by molar-refractivity contribution is 0.0328. The number of rotatable bonds is 5. The van der Waals surface area contributed by atoms with E-state index in [0.717, 1.165) is 37.6 Å². The Balaban J connectivity index is 1.79. The summed E-state index contributed by atoms with van der Waals surface area (Å²) in [6, 6.07) is 0.723. The molecular weight excluding hydrogens is 186 g/mol. The summed E-state index contributed by atoms with van der Waals surface area (Å²) >= 11 is 0. The van der Waals surface area contributed by atoms with Crippen LogP contribution in [0.2, 0.25) is 0 Å². The minimum atomic E-state index is 0.723. The van der Waals surface area contributed by atoms with E-state index in [0.29, 0.717) is 0 Å². The van der Waals surface area contributed by atoms with E-state index in [-0.39, 0.29) is 0 Å². The fourth-order valence-corrected chi connectivity index (χ4v) is 2.88. The second-order valence-corrected chi connectivity index (χ2v) is 5.17. The normalized spacial score (nSPS) is 29.8. The van der Waals surface area contributed by atoms with E-state index in [1.54, 1.807) is 0 Å². The van der Waals surface area contributed by atoms with Crippen LogP contribution in [0.1, 0.15) is 45.4 Å². The van der Waals surface area contributed by atoms with E-state index < -0.39 is 0 Å². The second kappa shape index (κ2) is 5.86. The molecule has 2 rings (SSSR count). The molecule has 0 aromatic heterocycles. The van der Waals surface area contributed by atoms with Gasteiger partial charge < -0.3 is 10.1 Å². The zero-order valence-electron chi connectivity index (χ0n) is 10.0. The SMILES string of the molecule is CCNC(CC1CCC1)C1CCCOC1. The molecule has 0 aromatic rings. The molecule has 1 N–H and O–H groups in total. The van der Waals surface area contributed by atoms with Crippen molar-refractivity contribution in [2.75, 3.05) is 19.8 Å². The predicted molar refractivity (Wildman–Crippen MR) is 63.0 cm³/mol. The van der Waals surface area contributed by atoms with Crippen LogP contribution in [0.5, 0.6) is 0 Å². The van der Waals surface area contributed by atoms with E-state index in [9.17, 15) is 0 Å². The van der Waals surface area contributed by atoms with Crippen molar-refractivity contribution in [1.29, 1.82) is 0 Å². The lowest BCUT2D eigenvalue weighted by atomic mass is 9.77. The summed E-state index contributed by atoms with van der Waals surface area (Å²) in [4.78, 5) is 0. The van der Waals surface area contributed by atoms with Gasteiger partial charge in [-0.3, -0.25) is 0 Å². The fourth-order valence-electron chi connectivity index (χ4n) is 2.88. The predicted octanol–water partition coefficient (Wildman–Crippen LogP) is 2.58. The van der Waals surface area contributed by atoms with Gasteiger partial charge in [0.1, 0.15) is 0 Å². The Labute approximate surface area is 93.8 Å². The van der Waals surface area contributed by atoms with Crippen molar-refractivity contribution >= 4 is 0 Å². The van der Waals surface area contributed by atoms with E-state index in [1.807, 2.05) is 0 Å². The van der Waals surface area contributed by atoms with Gasteiger partial charge >= 0.3 is 0 Å². The molecule has 1 aliphatic carbocycles. The molecule has 0 amide bonds. The van der Waals surface area contributed by atoms with Crippen LogP contribution < -0.4 is 5.32 Å². The van der Waals surface area contributed by atoms with Crippen molar-refractivity contribution in [2.24, 2.45) is 11.8 Å². The van der Waals surface area contributed by atoms with Crippen LogP contribution in [0.25, 0.3) is 0 Å². The van der Waals surface area contributed by atoms with Gasteiger partial charge in [-0.15, -0.1) is 0 Å². The van der Waals surface area contributed by atoms with Gasteiger partial charge in [-0.1, -0.05) is 26.2 Å². The van der Waals surface area contributed by atoms with Gasteiger partial charge in [0.25, 0.3) is 0 Å². The highest BCUT2D eigenvalue weighted by Gasteiger charge is 2.28. The summed E-state index contributed by atoms with van der Waals surface area (Å²) in [6.07, 6.45) is 8.42. The average Bonchev–Trinajstić information content (AvgIpc) is 2.23. The molecule has 2 unspecified atom stereocenters. The summed E-state index contributed by atoms with van der Waals surface area (Å²) in [5.41, 5.74) is 0. The van der Waals surface area contributed by atoms with Crippen molar-refractivity contribution in [3.05, 3.63) is 0 Å². The molecule has 0 radical (unpaired) electrons. The molecule has 1 saturated heterocycles. The average molecular weight is 211 g/mol. The van der Waals surface area contributed by atoms with Gasteiger partial charge in [0.15, 0.2) is 0 Å². The first-order valence-corrected chi connectivity index (χ1v) is 6.71. The van der Waals surface area contributed by atoms with Crippen LogP contribution in [-0.4, -0.2) is 25.8 Å². The summed E-state index contributed by atoms with van der Waals surface area (Å²) in [7, 11) is 0. The maximum Gasteiger partial charge on any atom is 0.0509 e. The highest BCUT2D eigenvalue weighted by molar-refractivity contribution is 4.83. The number of hydrogen-bond donors (Lipinski definition) is 1. The maximum absolute atomic E-state index is 5.60. The molecule has 0 spiro atoms. The second-order valence-electron chi connectivity index (χ2n) is 5.17. The summed E-state index contributed by atoms with van der Waals surface area (Å²) in [5.74, 6) is 1.79. The van der Waals surface area contributed by atoms with Crippen molar-refractivity contribution in [2.45, 2.75) is 51.5 Å². The molecule has 2 nitrogen and oxygen atoms in total. The minimum absolute atomic E-state index is 0.723. The topological polar surface area (TPSA) is 21.3 Å². The fraction of sp³-hybridized carbons (Fsp3) is 1.00. The Bertz CT molecular complexity index is 173. The molecule has 0 bridgehead atoms. The van der Waals surface area contributed by atoms with Gasteiger partial charge in [-0.05, 0) is 37.6 Å². The lowest BCUT2D eigenvalue weighted by Crippen LogP contribution is -2.42. The largest absolute Gasteiger partial charge is 0.381 e. The lowest BCUT2D eigenvalue weighted by Gasteiger charge is -2.36. The molecule has 1 heterocycles. The molecule has 2 fully saturated rings. The number of ether oxygens (including phenoxy) is 1. The Hall–Kier alpha value is -0.0800. The van der Waals surface area contributed by atoms with Crippen LogP contribution in [0.4, 0.5) is 0 Å². The molecule has 2 aliphatic rings. The van der Waals surface area contributed by atoms with E-state index in [4.69, 9.17) is 4.74 Å². The summed E-state index contributed by atoms with van der Waals surface area (Å²) in [5, 5.41) is 3.67. The smallest absolute Gasteiger partial charge is 0.0509 e. The molecular formula is C13H25NO. The standard InChI is InChI=1S/C13H25NO/c1-2-14-13(9-11-5-3-6-11)12-7-4-8-15-10-12/h11-14H,2-10H2,1H3. The van der Waals surface area contributed by atoms with Gasteiger partial charge in [0, 0.05) is 12.6 Å². The van der Waals surface area contributed by atoms with E-state index in [1.165, 1.54) is 38.5 Å². The molecule has 2 heteroatoms. The van der Waals surface area contributed by atoms with Crippen LogP contribution >= 0.6 is 0 Å². The van der Waals surface area contributed by atoms with Crippen molar-refractivity contribution in [1.82, 2.24) is 5.32 Å². The zero-order chi connectivity index (χ0) is 10.5. The first-order chi connectivity index (χ1) is 7.40. The monoisotopic (exact) mass is 211 g/mol. The highest BCUT2D eigenvalue weighted by atomic mass is 16.5. The number of nitrogens with one attached hydrogen (secondary N) is 1. The molecule has 88 valence electrons. The molecule has 15 heavy (non-hydrogen) atoms. The Morgan fingerprint density at radius 1 is 1.27 bits per heavy atom. The highest BCUT2D eigenvalue weighted by Crippen LogP contribution is 2.33. The van der Waals surface area contributed by atoms with Crippen LogP contribution in [-0.2, 0) is 4.74 Å². The summed E-state index contributed by atoms with van der Waals surface area (Å²) in [6.45, 7) is 5.30. The number of hydrogen-bond acceptors (Lipinski definition) is 2. The third-order valence-corrected chi connectivity index (χ3v) is 4.04. The Morgan fingerprint density at radius 2 is 2.13 bits per heavy atom. The van der Waals surface area contributed by atoms with Gasteiger partial charge in [0.2, 0.25) is 0 Å². The summed E-state index contributed by atoms with van der Waals surface area (Å²) < 4.78 is 5.60. The maximum atomic E-state index is 5.60. The van der Waals surface area contributed by atoms with E-state index >= 15 is 0 Å². The third-order valence-electron chi connectivity index (χ3n) is 4.04. The van der Waals surface area contributed by atoms with Crippen molar-refractivity contribution < 1.29 is 4.74 Å². The molecule has 1 saturated carbocycles. The molecule has 1 aliphatic heterocycles. The van der Waals surface area contributed by atoms with Crippen LogP contribution in [0.3, 0.4) is 0 Å². The Morgan fingerprint density at radius 3 is 2.67 bits per heavy atom. The van der Waals surface area contributed by atoms with E-state index in [2.05, 4.69) is 12.2 Å². The van der Waals surface area contributed by atoms with Crippen LogP contribution in [0.15, 0.2) is 0 Å². The molecule has 0 aromatic carbocycles.